The molecule has 0 aliphatic carbocycles. The average Bonchev–Trinajstić information content (AvgIpc) is 2.56. The summed E-state index contributed by atoms with van der Waals surface area (Å²) in [5.41, 5.74) is -0.297. The zero-order valence-corrected chi connectivity index (χ0v) is 12.4. The van der Waals surface area contributed by atoms with Gasteiger partial charge in [0.1, 0.15) is 0 Å². The molecule has 0 unspecified atom stereocenters. The minimum atomic E-state index is -0.760. The Labute approximate surface area is 135 Å². The van der Waals surface area contributed by atoms with E-state index in [1.165, 1.54) is 19.4 Å². The number of nitrogens with zero attached hydrogens (tertiary/aromatic N) is 3. The van der Waals surface area contributed by atoms with E-state index < -0.39 is 21.2 Å². The molecule has 0 spiro atoms. The number of nitro groups is 2. The molecule has 10 nitrogen and oxygen atoms in total. The molecule has 0 aliphatic heterocycles. The summed E-state index contributed by atoms with van der Waals surface area (Å²) in [5.74, 6) is 5.41. The van der Waals surface area contributed by atoms with Crippen LogP contribution in [-0.2, 0) is 0 Å². The highest BCUT2D eigenvalue weighted by Crippen LogP contribution is 2.38. The highest BCUT2D eigenvalue weighted by Gasteiger charge is 2.22. The van der Waals surface area contributed by atoms with E-state index in [4.69, 9.17) is 15.3 Å². The van der Waals surface area contributed by atoms with E-state index in [0.29, 0.717) is 11.3 Å². The number of methoxy groups -OCH3 is 1. The number of hydrazone groups is 1. The van der Waals surface area contributed by atoms with Gasteiger partial charge in [-0.1, -0.05) is 0 Å². The predicted octanol–water partition coefficient (Wildman–Crippen LogP) is 2.60. The maximum atomic E-state index is 11.1. The molecular formula is C14H12N4O6. The molecule has 0 aliphatic rings. The van der Waals surface area contributed by atoms with Crippen molar-refractivity contribution < 1.29 is 19.3 Å². The molecule has 0 aromatic heterocycles. The fourth-order valence-corrected chi connectivity index (χ4v) is 1.90. The third-order valence-electron chi connectivity index (χ3n) is 2.98. The third-order valence-corrected chi connectivity index (χ3v) is 2.98. The first-order chi connectivity index (χ1) is 11.5. The summed E-state index contributed by atoms with van der Waals surface area (Å²) in [6.07, 6.45) is 1.39. The van der Waals surface area contributed by atoms with Crippen LogP contribution in [0, 0.1) is 20.2 Å². The fourth-order valence-electron chi connectivity index (χ4n) is 1.90. The van der Waals surface area contributed by atoms with E-state index in [1.54, 1.807) is 12.1 Å². The molecule has 0 fully saturated rings. The van der Waals surface area contributed by atoms with Crippen LogP contribution in [-0.4, -0.2) is 23.2 Å². The summed E-state index contributed by atoms with van der Waals surface area (Å²) >= 11 is 0. The lowest BCUT2D eigenvalue weighted by molar-refractivity contribution is -0.394. The summed E-state index contributed by atoms with van der Waals surface area (Å²) in [6, 6.07) is 7.81. The van der Waals surface area contributed by atoms with E-state index in [9.17, 15) is 20.2 Å². The Bertz CT molecular complexity index is 821. The summed E-state index contributed by atoms with van der Waals surface area (Å²) in [7, 11) is 1.40. The summed E-state index contributed by atoms with van der Waals surface area (Å²) in [4.78, 5) is 20.4. The van der Waals surface area contributed by atoms with Crippen molar-refractivity contribution in [2.24, 2.45) is 10.9 Å². The summed E-state index contributed by atoms with van der Waals surface area (Å²) in [5, 5.41) is 25.2. The van der Waals surface area contributed by atoms with Crippen LogP contribution in [0.1, 0.15) is 5.56 Å². The van der Waals surface area contributed by atoms with Crippen molar-refractivity contribution in [1.29, 1.82) is 0 Å². The van der Waals surface area contributed by atoms with Crippen LogP contribution in [0.15, 0.2) is 41.5 Å². The van der Waals surface area contributed by atoms with Crippen LogP contribution < -0.4 is 15.3 Å². The highest BCUT2D eigenvalue weighted by atomic mass is 16.6. The minimum absolute atomic E-state index is 0.149. The second kappa shape index (κ2) is 7.05. The van der Waals surface area contributed by atoms with Gasteiger partial charge in [-0.3, -0.25) is 20.2 Å². The molecule has 0 saturated carbocycles. The van der Waals surface area contributed by atoms with Crippen molar-refractivity contribution in [2.75, 3.05) is 7.11 Å². The number of ether oxygens (including phenoxy) is 2. The molecule has 0 saturated heterocycles. The Morgan fingerprint density at radius 2 is 1.75 bits per heavy atom. The van der Waals surface area contributed by atoms with Gasteiger partial charge in [0.15, 0.2) is 11.5 Å². The molecule has 2 N–H and O–H groups in total. The quantitative estimate of drug-likeness (QED) is 0.370. The minimum Gasteiger partial charge on any atom is -0.493 e. The standard InChI is InChI=1S/C14H12N4O6/c1-23-14-6-9(8-16-15)2-4-13(14)24-12-5-3-10(17(19)20)7-11(12)18(21)22/h2-8H,15H2,1H3. The first-order valence-corrected chi connectivity index (χ1v) is 6.48. The second-order valence-corrected chi connectivity index (χ2v) is 4.46. The normalized spacial score (nSPS) is 10.5. The van der Waals surface area contributed by atoms with Crippen LogP contribution >= 0.6 is 0 Å². The number of nitro benzene ring substituents is 2. The van der Waals surface area contributed by atoms with Gasteiger partial charge in [-0.15, -0.1) is 0 Å². The van der Waals surface area contributed by atoms with Crippen molar-refractivity contribution in [3.8, 4) is 17.2 Å². The van der Waals surface area contributed by atoms with Gasteiger partial charge < -0.3 is 15.3 Å². The van der Waals surface area contributed by atoms with Crippen molar-refractivity contribution in [3.05, 3.63) is 62.2 Å². The molecule has 0 atom stereocenters. The number of nitrogens with two attached hydrogens (primary N) is 1. The number of rotatable bonds is 6. The molecule has 2 aromatic carbocycles. The van der Waals surface area contributed by atoms with Gasteiger partial charge >= 0.3 is 5.69 Å². The molecule has 0 heterocycles. The summed E-state index contributed by atoms with van der Waals surface area (Å²) < 4.78 is 10.7. The van der Waals surface area contributed by atoms with Crippen LogP contribution in [0.2, 0.25) is 0 Å². The molecule has 0 radical (unpaired) electrons. The molecule has 2 rings (SSSR count). The van der Waals surface area contributed by atoms with E-state index in [0.717, 1.165) is 18.2 Å². The van der Waals surface area contributed by atoms with E-state index >= 15 is 0 Å². The SMILES string of the molecule is COc1cc(C=NN)ccc1Oc1ccc([N+](=O)[O-])cc1[N+](=O)[O-]. The molecular weight excluding hydrogens is 320 g/mol. The molecule has 0 amide bonds. The number of hydrogen-bond donors (Lipinski definition) is 1. The van der Waals surface area contributed by atoms with Gasteiger partial charge in [0.2, 0.25) is 5.75 Å². The largest absolute Gasteiger partial charge is 0.493 e. The zero-order valence-electron chi connectivity index (χ0n) is 12.4. The fraction of sp³-hybridized carbons (Fsp3) is 0.0714. The highest BCUT2D eigenvalue weighted by molar-refractivity contribution is 5.80. The van der Waals surface area contributed by atoms with Gasteiger partial charge in [-0.2, -0.15) is 5.10 Å². The Morgan fingerprint density at radius 1 is 1.04 bits per heavy atom. The van der Waals surface area contributed by atoms with Crippen molar-refractivity contribution in [2.45, 2.75) is 0 Å². The maximum Gasteiger partial charge on any atom is 0.318 e. The predicted molar refractivity (Wildman–Crippen MR) is 84.6 cm³/mol. The second-order valence-electron chi connectivity index (χ2n) is 4.46. The summed E-state index contributed by atoms with van der Waals surface area (Å²) in [6.45, 7) is 0. The van der Waals surface area contributed by atoms with E-state index in [2.05, 4.69) is 5.10 Å². The lowest BCUT2D eigenvalue weighted by atomic mass is 10.2. The van der Waals surface area contributed by atoms with Crippen LogP contribution in [0.3, 0.4) is 0 Å². The molecule has 0 bridgehead atoms. The van der Waals surface area contributed by atoms with Crippen LogP contribution in [0.4, 0.5) is 11.4 Å². The van der Waals surface area contributed by atoms with Gasteiger partial charge in [0, 0.05) is 6.07 Å². The van der Waals surface area contributed by atoms with Gasteiger partial charge in [0.25, 0.3) is 5.69 Å². The molecule has 2 aromatic rings. The van der Waals surface area contributed by atoms with Crippen molar-refractivity contribution >= 4 is 17.6 Å². The zero-order chi connectivity index (χ0) is 17.7. The lowest BCUT2D eigenvalue weighted by Crippen LogP contribution is -1.98. The van der Waals surface area contributed by atoms with Gasteiger partial charge in [-0.05, 0) is 29.8 Å². The Morgan fingerprint density at radius 3 is 2.33 bits per heavy atom. The Hall–Kier alpha value is -3.69. The van der Waals surface area contributed by atoms with E-state index in [-0.39, 0.29) is 11.5 Å². The van der Waals surface area contributed by atoms with Crippen LogP contribution in [0.25, 0.3) is 0 Å². The monoisotopic (exact) mass is 332 g/mol. The first-order valence-electron chi connectivity index (χ1n) is 6.48. The van der Waals surface area contributed by atoms with Crippen molar-refractivity contribution in [1.82, 2.24) is 0 Å². The smallest absolute Gasteiger partial charge is 0.318 e. The number of non-ortho nitro benzene ring substituents is 1. The molecule has 24 heavy (non-hydrogen) atoms. The Kier molecular flexibility index (Phi) is 4.90. The first kappa shape index (κ1) is 16.7. The van der Waals surface area contributed by atoms with Gasteiger partial charge in [0.05, 0.1) is 29.2 Å². The van der Waals surface area contributed by atoms with Gasteiger partial charge in [-0.25, -0.2) is 0 Å². The molecule has 124 valence electrons. The topological polar surface area (TPSA) is 143 Å². The molecule has 10 heteroatoms. The van der Waals surface area contributed by atoms with E-state index in [1.807, 2.05) is 0 Å². The number of hydrogen-bond acceptors (Lipinski definition) is 8. The Balaban J connectivity index is 2.44. The third kappa shape index (κ3) is 3.55. The lowest BCUT2D eigenvalue weighted by Gasteiger charge is -2.11. The van der Waals surface area contributed by atoms with Crippen molar-refractivity contribution in [3.63, 3.8) is 0 Å². The average molecular weight is 332 g/mol. The number of benzene rings is 2. The van der Waals surface area contributed by atoms with Crippen LogP contribution in [0.5, 0.6) is 17.2 Å². The maximum absolute atomic E-state index is 11.1.